The van der Waals surface area contributed by atoms with Crippen LogP contribution in [0.3, 0.4) is 0 Å². The van der Waals surface area contributed by atoms with Crippen LogP contribution in [0.2, 0.25) is 0 Å². The van der Waals surface area contributed by atoms with Gasteiger partial charge in [0.2, 0.25) is 5.91 Å². The van der Waals surface area contributed by atoms with Gasteiger partial charge in [0.25, 0.3) is 5.91 Å². The third kappa shape index (κ3) is 3.17. The van der Waals surface area contributed by atoms with E-state index in [9.17, 15) is 14.7 Å². The van der Waals surface area contributed by atoms with Crippen LogP contribution in [-0.2, 0) is 4.79 Å². The van der Waals surface area contributed by atoms with Crippen molar-refractivity contribution in [3.8, 4) is 0 Å². The van der Waals surface area contributed by atoms with Gasteiger partial charge in [-0.25, -0.2) is 0 Å². The fourth-order valence-electron chi connectivity index (χ4n) is 2.52. The summed E-state index contributed by atoms with van der Waals surface area (Å²) < 4.78 is 0. The number of anilines is 1. The summed E-state index contributed by atoms with van der Waals surface area (Å²) in [5, 5.41) is 15.2. The second-order valence-electron chi connectivity index (χ2n) is 5.00. The van der Waals surface area contributed by atoms with Gasteiger partial charge in [-0.3, -0.25) is 9.59 Å². The quantitative estimate of drug-likeness (QED) is 0.780. The summed E-state index contributed by atoms with van der Waals surface area (Å²) in [5.74, 6) is -0.806. The number of amides is 2. The fourth-order valence-corrected chi connectivity index (χ4v) is 2.52. The molecule has 0 heterocycles. The van der Waals surface area contributed by atoms with Crippen LogP contribution in [0.15, 0.2) is 24.3 Å². The van der Waals surface area contributed by atoms with Gasteiger partial charge in [0.1, 0.15) is 0 Å². The van der Waals surface area contributed by atoms with Crippen LogP contribution in [0.5, 0.6) is 0 Å². The number of hydrogen-bond acceptors (Lipinski definition) is 3. The van der Waals surface area contributed by atoms with E-state index in [1.807, 2.05) is 6.92 Å². The number of hydrogen-bond donors (Lipinski definition) is 3. The highest BCUT2D eigenvalue weighted by Gasteiger charge is 2.31. The summed E-state index contributed by atoms with van der Waals surface area (Å²) in [4.78, 5) is 24.1. The van der Waals surface area contributed by atoms with Crippen LogP contribution in [0.1, 0.15) is 36.5 Å². The van der Waals surface area contributed by atoms with Gasteiger partial charge in [-0.2, -0.15) is 0 Å². The highest BCUT2D eigenvalue weighted by molar-refractivity contribution is 6.04. The molecular weight excluding hydrogens is 256 g/mol. The van der Waals surface area contributed by atoms with E-state index in [1.165, 1.54) is 0 Å². The minimum Gasteiger partial charge on any atom is -0.392 e. The van der Waals surface area contributed by atoms with Gasteiger partial charge in [0.05, 0.1) is 23.3 Å². The van der Waals surface area contributed by atoms with E-state index in [2.05, 4.69) is 10.6 Å². The molecule has 1 aromatic rings. The second-order valence-corrected chi connectivity index (χ2v) is 5.00. The largest absolute Gasteiger partial charge is 0.392 e. The zero-order valence-electron chi connectivity index (χ0n) is 11.6. The number of aliphatic hydroxyl groups is 1. The summed E-state index contributed by atoms with van der Waals surface area (Å²) >= 11 is 0. The molecule has 0 spiro atoms. The van der Waals surface area contributed by atoms with Crippen LogP contribution in [0.4, 0.5) is 5.69 Å². The van der Waals surface area contributed by atoms with Crippen molar-refractivity contribution in [1.29, 1.82) is 0 Å². The Kier molecular flexibility index (Phi) is 4.74. The Balaban J connectivity index is 2.13. The lowest BCUT2D eigenvalue weighted by Crippen LogP contribution is -2.30. The van der Waals surface area contributed by atoms with Crippen molar-refractivity contribution >= 4 is 17.5 Å². The number of para-hydroxylation sites is 1. The first-order valence-electron chi connectivity index (χ1n) is 6.99. The SMILES string of the molecule is CCNC(=O)c1ccccc1NC(=O)C1CCCC1O. The number of carbonyl (C=O) groups excluding carboxylic acids is 2. The molecule has 108 valence electrons. The molecular formula is C15H20N2O3. The Morgan fingerprint density at radius 1 is 1.30 bits per heavy atom. The summed E-state index contributed by atoms with van der Waals surface area (Å²) in [6.07, 6.45) is 1.63. The van der Waals surface area contributed by atoms with Gasteiger partial charge in [-0.1, -0.05) is 12.1 Å². The Morgan fingerprint density at radius 2 is 2.05 bits per heavy atom. The monoisotopic (exact) mass is 276 g/mol. The molecule has 0 bridgehead atoms. The first-order chi connectivity index (χ1) is 9.63. The highest BCUT2D eigenvalue weighted by atomic mass is 16.3. The molecule has 0 aromatic heterocycles. The Bertz CT molecular complexity index is 502. The summed E-state index contributed by atoms with van der Waals surface area (Å²) in [6, 6.07) is 6.89. The minimum atomic E-state index is -0.577. The number of carbonyl (C=O) groups is 2. The van der Waals surface area contributed by atoms with Gasteiger partial charge >= 0.3 is 0 Å². The highest BCUT2D eigenvalue weighted by Crippen LogP contribution is 2.27. The first-order valence-corrected chi connectivity index (χ1v) is 6.99. The molecule has 0 saturated heterocycles. The molecule has 1 aromatic carbocycles. The van der Waals surface area contributed by atoms with E-state index in [0.717, 1.165) is 6.42 Å². The van der Waals surface area contributed by atoms with Crippen molar-refractivity contribution in [3.63, 3.8) is 0 Å². The molecule has 2 amide bonds. The zero-order valence-corrected chi connectivity index (χ0v) is 11.6. The lowest BCUT2D eigenvalue weighted by atomic mass is 10.0. The van der Waals surface area contributed by atoms with Crippen LogP contribution in [0, 0.1) is 5.92 Å². The van der Waals surface area contributed by atoms with Crippen molar-refractivity contribution in [2.75, 3.05) is 11.9 Å². The molecule has 20 heavy (non-hydrogen) atoms. The van der Waals surface area contributed by atoms with E-state index in [4.69, 9.17) is 0 Å². The molecule has 1 saturated carbocycles. The Morgan fingerprint density at radius 3 is 2.70 bits per heavy atom. The van der Waals surface area contributed by atoms with Crippen molar-refractivity contribution in [2.24, 2.45) is 5.92 Å². The molecule has 1 fully saturated rings. The molecule has 5 heteroatoms. The zero-order chi connectivity index (χ0) is 14.5. The molecule has 0 aliphatic heterocycles. The van der Waals surface area contributed by atoms with Crippen LogP contribution < -0.4 is 10.6 Å². The van der Waals surface area contributed by atoms with Crippen molar-refractivity contribution in [2.45, 2.75) is 32.3 Å². The molecule has 2 atom stereocenters. The van der Waals surface area contributed by atoms with Gasteiger partial charge in [0.15, 0.2) is 0 Å². The molecule has 1 aliphatic rings. The van der Waals surface area contributed by atoms with E-state index in [1.54, 1.807) is 24.3 Å². The maximum atomic E-state index is 12.2. The molecule has 5 nitrogen and oxygen atoms in total. The lowest BCUT2D eigenvalue weighted by molar-refractivity contribution is -0.122. The summed E-state index contributed by atoms with van der Waals surface area (Å²) in [5.41, 5.74) is 0.928. The van der Waals surface area contributed by atoms with Crippen molar-refractivity contribution < 1.29 is 14.7 Å². The molecule has 0 radical (unpaired) electrons. The average molecular weight is 276 g/mol. The van der Waals surface area contributed by atoms with Crippen LogP contribution in [-0.4, -0.2) is 29.6 Å². The maximum absolute atomic E-state index is 12.2. The number of rotatable bonds is 4. The Hall–Kier alpha value is -1.88. The molecule has 2 rings (SSSR count). The molecule has 2 unspecified atom stereocenters. The predicted octanol–water partition coefficient (Wildman–Crippen LogP) is 1.54. The van der Waals surface area contributed by atoms with Crippen molar-refractivity contribution in [3.05, 3.63) is 29.8 Å². The van der Waals surface area contributed by atoms with Gasteiger partial charge in [0, 0.05) is 6.54 Å². The van der Waals surface area contributed by atoms with Crippen LogP contribution in [0.25, 0.3) is 0 Å². The van der Waals surface area contributed by atoms with Gasteiger partial charge in [-0.05, 0) is 38.3 Å². The maximum Gasteiger partial charge on any atom is 0.253 e. The van der Waals surface area contributed by atoms with Gasteiger partial charge in [-0.15, -0.1) is 0 Å². The normalized spacial score (nSPS) is 21.5. The summed E-state index contributed by atoms with van der Waals surface area (Å²) in [6.45, 7) is 2.37. The summed E-state index contributed by atoms with van der Waals surface area (Å²) in [7, 11) is 0. The second kappa shape index (κ2) is 6.52. The Labute approximate surface area is 118 Å². The van der Waals surface area contributed by atoms with E-state index in [0.29, 0.717) is 30.6 Å². The van der Waals surface area contributed by atoms with E-state index >= 15 is 0 Å². The van der Waals surface area contributed by atoms with E-state index in [-0.39, 0.29) is 17.7 Å². The fraction of sp³-hybridized carbons (Fsp3) is 0.467. The average Bonchev–Trinajstić information content (AvgIpc) is 2.86. The van der Waals surface area contributed by atoms with Crippen molar-refractivity contribution in [1.82, 2.24) is 5.32 Å². The topological polar surface area (TPSA) is 78.4 Å². The third-order valence-corrected chi connectivity index (χ3v) is 3.58. The number of nitrogens with one attached hydrogen (secondary N) is 2. The number of benzene rings is 1. The predicted molar refractivity (Wildman–Crippen MR) is 76.4 cm³/mol. The van der Waals surface area contributed by atoms with E-state index < -0.39 is 6.10 Å². The molecule has 1 aliphatic carbocycles. The smallest absolute Gasteiger partial charge is 0.253 e. The minimum absolute atomic E-state index is 0.213. The van der Waals surface area contributed by atoms with Gasteiger partial charge < -0.3 is 15.7 Å². The molecule has 3 N–H and O–H groups in total. The lowest BCUT2D eigenvalue weighted by Gasteiger charge is -2.16. The number of aliphatic hydroxyl groups excluding tert-OH is 1. The third-order valence-electron chi connectivity index (χ3n) is 3.58. The standard InChI is InChI=1S/C15H20N2O3/c1-2-16-14(19)10-6-3-4-8-12(10)17-15(20)11-7-5-9-13(11)18/h3-4,6,8,11,13,18H,2,5,7,9H2,1H3,(H,16,19)(H,17,20). The first kappa shape index (κ1) is 14.5. The van der Waals surface area contributed by atoms with Crippen LogP contribution >= 0.6 is 0 Å².